The Bertz CT molecular complexity index is 303. The van der Waals surface area contributed by atoms with E-state index in [-0.39, 0.29) is 0 Å². The third kappa shape index (κ3) is 1.87. The fraction of sp³-hybridized carbons (Fsp3) is 0.455. The first-order chi connectivity index (χ1) is 6.27. The molecule has 1 nitrogen and oxygen atoms in total. The molecule has 1 unspecified atom stereocenters. The Morgan fingerprint density at radius 2 is 2.31 bits per heavy atom. The number of hydrogen-bond acceptors (Lipinski definition) is 1. The molecular weight excluding hydrogens is 182 g/mol. The van der Waals surface area contributed by atoms with Crippen molar-refractivity contribution >= 4 is 11.6 Å². The van der Waals surface area contributed by atoms with Gasteiger partial charge in [-0.2, -0.15) is 0 Å². The summed E-state index contributed by atoms with van der Waals surface area (Å²) in [6.45, 7) is 3.28. The van der Waals surface area contributed by atoms with Crippen molar-refractivity contribution in [3.8, 4) is 0 Å². The number of aryl methyl sites for hydroxylation is 1. The van der Waals surface area contributed by atoms with E-state index in [1.54, 1.807) is 0 Å². The van der Waals surface area contributed by atoms with Gasteiger partial charge in [-0.3, -0.25) is 0 Å². The van der Waals surface area contributed by atoms with E-state index in [4.69, 9.17) is 11.6 Å². The van der Waals surface area contributed by atoms with Crippen LogP contribution in [0, 0.1) is 6.92 Å². The summed E-state index contributed by atoms with van der Waals surface area (Å²) >= 11 is 5.97. The Labute approximate surface area is 84.1 Å². The van der Waals surface area contributed by atoms with Crippen LogP contribution in [0.3, 0.4) is 0 Å². The highest BCUT2D eigenvalue weighted by molar-refractivity contribution is 6.30. The van der Waals surface area contributed by atoms with Crippen LogP contribution in [0.15, 0.2) is 18.2 Å². The molecule has 0 spiro atoms. The molecule has 13 heavy (non-hydrogen) atoms. The molecular formula is C11H14ClN. The second-order valence-corrected chi connectivity index (χ2v) is 4.09. The van der Waals surface area contributed by atoms with Gasteiger partial charge in [0.25, 0.3) is 0 Å². The van der Waals surface area contributed by atoms with E-state index in [0.29, 0.717) is 6.04 Å². The van der Waals surface area contributed by atoms with Crippen LogP contribution in [0.25, 0.3) is 0 Å². The van der Waals surface area contributed by atoms with Gasteiger partial charge in [-0.25, -0.2) is 0 Å². The molecule has 70 valence electrons. The minimum Gasteiger partial charge on any atom is -0.310 e. The summed E-state index contributed by atoms with van der Waals surface area (Å²) in [6.07, 6.45) is 2.51. The summed E-state index contributed by atoms with van der Waals surface area (Å²) in [5.41, 5.74) is 2.70. The van der Waals surface area contributed by atoms with E-state index in [0.717, 1.165) is 11.6 Å². The molecule has 1 aliphatic heterocycles. The molecule has 1 atom stereocenters. The average Bonchev–Trinajstić information content (AvgIpc) is 2.61. The Kier molecular flexibility index (Phi) is 2.56. The second kappa shape index (κ2) is 3.69. The molecule has 1 heterocycles. The minimum atomic E-state index is 0.527. The van der Waals surface area contributed by atoms with Crippen LogP contribution in [0.2, 0.25) is 5.02 Å². The van der Waals surface area contributed by atoms with E-state index in [1.807, 2.05) is 6.07 Å². The predicted octanol–water partition coefficient (Wildman–Crippen LogP) is 3.07. The Morgan fingerprint density at radius 3 is 3.00 bits per heavy atom. The molecule has 1 aromatic carbocycles. The molecule has 0 aliphatic carbocycles. The van der Waals surface area contributed by atoms with Gasteiger partial charge in [0, 0.05) is 11.1 Å². The van der Waals surface area contributed by atoms with Gasteiger partial charge in [-0.05, 0) is 49.6 Å². The molecule has 2 rings (SSSR count). The van der Waals surface area contributed by atoms with Gasteiger partial charge >= 0.3 is 0 Å². The second-order valence-electron chi connectivity index (χ2n) is 3.65. The van der Waals surface area contributed by atoms with E-state index in [9.17, 15) is 0 Å². The number of nitrogens with one attached hydrogen (secondary N) is 1. The zero-order valence-corrected chi connectivity index (χ0v) is 8.56. The number of rotatable bonds is 1. The van der Waals surface area contributed by atoms with Gasteiger partial charge in [0.2, 0.25) is 0 Å². The molecule has 1 fully saturated rings. The fourth-order valence-corrected chi connectivity index (χ4v) is 2.12. The summed E-state index contributed by atoms with van der Waals surface area (Å²) in [4.78, 5) is 0. The number of benzene rings is 1. The lowest BCUT2D eigenvalue weighted by atomic mass is 10.0. The topological polar surface area (TPSA) is 12.0 Å². The summed E-state index contributed by atoms with van der Waals surface area (Å²) in [5, 5.41) is 4.32. The summed E-state index contributed by atoms with van der Waals surface area (Å²) < 4.78 is 0. The van der Waals surface area contributed by atoms with Crippen LogP contribution >= 0.6 is 11.6 Å². The van der Waals surface area contributed by atoms with Crippen molar-refractivity contribution in [3.63, 3.8) is 0 Å². The molecule has 0 bridgehead atoms. The monoisotopic (exact) mass is 195 g/mol. The van der Waals surface area contributed by atoms with Gasteiger partial charge in [0.15, 0.2) is 0 Å². The van der Waals surface area contributed by atoms with Gasteiger partial charge < -0.3 is 5.32 Å². The van der Waals surface area contributed by atoms with E-state index in [2.05, 4.69) is 24.4 Å². The predicted molar refractivity (Wildman–Crippen MR) is 56.2 cm³/mol. The SMILES string of the molecule is Cc1ccc(Cl)cc1C1CCCN1. The maximum atomic E-state index is 5.97. The van der Waals surface area contributed by atoms with Crippen molar-refractivity contribution in [1.29, 1.82) is 0 Å². The normalized spacial score (nSPS) is 22.2. The van der Waals surface area contributed by atoms with Crippen LogP contribution in [0.1, 0.15) is 30.0 Å². The highest BCUT2D eigenvalue weighted by Gasteiger charge is 2.17. The number of halogens is 1. The molecule has 0 amide bonds. The molecule has 1 aromatic rings. The molecule has 1 N–H and O–H groups in total. The lowest BCUT2D eigenvalue weighted by Gasteiger charge is -2.13. The van der Waals surface area contributed by atoms with Gasteiger partial charge in [0.05, 0.1) is 0 Å². The van der Waals surface area contributed by atoms with Crippen LogP contribution in [-0.4, -0.2) is 6.54 Å². The maximum absolute atomic E-state index is 5.97. The van der Waals surface area contributed by atoms with Gasteiger partial charge in [-0.1, -0.05) is 17.7 Å². The zero-order chi connectivity index (χ0) is 9.26. The maximum Gasteiger partial charge on any atom is 0.0409 e. The van der Waals surface area contributed by atoms with E-state index < -0.39 is 0 Å². The lowest BCUT2D eigenvalue weighted by molar-refractivity contribution is 0.644. The van der Waals surface area contributed by atoms with Crippen molar-refractivity contribution in [2.75, 3.05) is 6.54 Å². The zero-order valence-electron chi connectivity index (χ0n) is 7.81. The quantitative estimate of drug-likeness (QED) is 0.727. The number of hydrogen-bond donors (Lipinski definition) is 1. The molecule has 1 saturated heterocycles. The van der Waals surface area contributed by atoms with Gasteiger partial charge in [0.1, 0.15) is 0 Å². The fourth-order valence-electron chi connectivity index (χ4n) is 1.94. The molecule has 2 heteroatoms. The molecule has 0 saturated carbocycles. The van der Waals surface area contributed by atoms with Crippen molar-refractivity contribution < 1.29 is 0 Å². The average molecular weight is 196 g/mol. The molecule has 0 radical (unpaired) electrons. The third-order valence-electron chi connectivity index (χ3n) is 2.68. The molecule has 0 aromatic heterocycles. The highest BCUT2D eigenvalue weighted by atomic mass is 35.5. The summed E-state index contributed by atoms with van der Waals surface area (Å²) in [7, 11) is 0. The van der Waals surface area contributed by atoms with Crippen molar-refractivity contribution in [2.45, 2.75) is 25.8 Å². The smallest absolute Gasteiger partial charge is 0.0409 e. The lowest BCUT2D eigenvalue weighted by Crippen LogP contribution is -2.13. The highest BCUT2D eigenvalue weighted by Crippen LogP contribution is 2.27. The summed E-state index contributed by atoms with van der Waals surface area (Å²) in [6, 6.07) is 6.66. The first-order valence-electron chi connectivity index (χ1n) is 4.77. The Morgan fingerprint density at radius 1 is 1.46 bits per heavy atom. The Hall–Kier alpha value is -0.530. The Balaban J connectivity index is 2.32. The van der Waals surface area contributed by atoms with Crippen LogP contribution in [0.4, 0.5) is 0 Å². The minimum absolute atomic E-state index is 0.527. The van der Waals surface area contributed by atoms with Gasteiger partial charge in [-0.15, -0.1) is 0 Å². The largest absolute Gasteiger partial charge is 0.310 e. The standard InChI is InChI=1S/C11H14ClN/c1-8-4-5-9(12)7-10(8)11-3-2-6-13-11/h4-5,7,11,13H,2-3,6H2,1H3. The van der Waals surface area contributed by atoms with Crippen LogP contribution < -0.4 is 5.32 Å². The van der Waals surface area contributed by atoms with Crippen molar-refractivity contribution in [1.82, 2.24) is 5.32 Å². The first-order valence-corrected chi connectivity index (χ1v) is 5.14. The van der Waals surface area contributed by atoms with Crippen molar-refractivity contribution in [2.24, 2.45) is 0 Å². The van der Waals surface area contributed by atoms with Crippen LogP contribution in [-0.2, 0) is 0 Å². The van der Waals surface area contributed by atoms with E-state index in [1.165, 1.54) is 24.0 Å². The molecule has 1 aliphatic rings. The van der Waals surface area contributed by atoms with E-state index >= 15 is 0 Å². The van der Waals surface area contributed by atoms with Crippen LogP contribution in [0.5, 0.6) is 0 Å². The van der Waals surface area contributed by atoms with Crippen molar-refractivity contribution in [3.05, 3.63) is 34.3 Å². The first kappa shape index (κ1) is 9.04. The third-order valence-corrected chi connectivity index (χ3v) is 2.91. The summed E-state index contributed by atoms with van der Waals surface area (Å²) in [5.74, 6) is 0.